The number of nitrogens with zero attached hydrogens (tertiary/aromatic N) is 6. The molecule has 6 nitrogen and oxygen atoms in total. The maximum Gasteiger partial charge on any atom is 0.220 e. The molecule has 14 rings (SSSR count). The summed E-state index contributed by atoms with van der Waals surface area (Å²) in [4.78, 5) is 10.5. The van der Waals surface area contributed by atoms with Gasteiger partial charge in [0, 0.05) is 11.4 Å². The second-order valence-corrected chi connectivity index (χ2v) is 17.5. The molecule has 0 bridgehead atoms. The zero-order valence-corrected chi connectivity index (χ0v) is 36.8. The van der Waals surface area contributed by atoms with Gasteiger partial charge in [0.2, 0.25) is 11.6 Å². The van der Waals surface area contributed by atoms with Crippen molar-refractivity contribution in [3.05, 3.63) is 243 Å². The summed E-state index contributed by atoms with van der Waals surface area (Å²) in [6.45, 7) is 0. The molecule has 0 fully saturated rings. The molecule has 0 unspecified atom stereocenters. The van der Waals surface area contributed by atoms with Gasteiger partial charge in [0.15, 0.2) is 0 Å². The van der Waals surface area contributed by atoms with E-state index in [4.69, 9.17) is 9.97 Å². The van der Waals surface area contributed by atoms with E-state index in [2.05, 4.69) is 261 Å². The van der Waals surface area contributed by atoms with E-state index in [1.54, 1.807) is 0 Å². The molecule has 0 amide bonds. The van der Waals surface area contributed by atoms with Gasteiger partial charge in [-0.3, -0.25) is 17.9 Å². The van der Waals surface area contributed by atoms with E-state index in [9.17, 15) is 0 Å². The summed E-state index contributed by atoms with van der Waals surface area (Å²) in [5.74, 6) is 1.76. The summed E-state index contributed by atoms with van der Waals surface area (Å²) < 4.78 is 9.19. The molecule has 14 aromatic rings. The molecular weight excluding hydrogens is 829 g/mol. The molecule has 68 heavy (non-hydrogen) atoms. The van der Waals surface area contributed by atoms with Crippen LogP contribution in [0.25, 0.3) is 123 Å². The number of benzene rings is 10. The Bertz CT molecular complexity index is 3920. The van der Waals surface area contributed by atoms with Crippen molar-refractivity contribution in [1.29, 1.82) is 0 Å². The molecule has 6 heteroatoms. The van der Waals surface area contributed by atoms with Crippen LogP contribution in [0.4, 0.5) is 0 Å². The molecule has 0 aliphatic heterocycles. The van der Waals surface area contributed by atoms with Gasteiger partial charge in [0.25, 0.3) is 0 Å². The SMILES string of the molecule is c1ccc(-c2ccc(-c3ccc(-n4c5ccc(-c6ccc7c(c6)n6c8ccccc8nc6n7-c6ccc(-c7ccc(-c8ccccc8)cc7)cc6)cc5n5c6ccccc6nc45)cc3)cc2)cc1. The van der Waals surface area contributed by atoms with E-state index in [0.717, 1.165) is 78.2 Å². The van der Waals surface area contributed by atoms with Gasteiger partial charge in [0.1, 0.15) is 0 Å². The van der Waals surface area contributed by atoms with Gasteiger partial charge >= 0.3 is 0 Å². The third-order valence-corrected chi connectivity index (χ3v) is 13.6. The third kappa shape index (κ3) is 6.05. The lowest BCUT2D eigenvalue weighted by Crippen LogP contribution is -1.95. The first-order valence-electron chi connectivity index (χ1n) is 23.1. The first kappa shape index (κ1) is 38.1. The fourth-order valence-corrected chi connectivity index (χ4v) is 10.2. The first-order valence-corrected chi connectivity index (χ1v) is 23.1. The standard InChI is InChI=1S/C62H40N6/c1-3-11-41(12-4-1)43-19-23-45(24-20-43)47-27-33-51(34-28-47)65-57-37-31-49(39-59(57)67-55-17-9-7-15-53(55)63-61(65)67)50-32-38-58-60(40-50)68-56-18-10-8-16-54(56)64-62(68)66(58)52-35-29-48(30-36-52)46-25-21-44(22-26-46)42-13-5-2-6-14-42/h1-40H. The fraction of sp³-hybridized carbons (Fsp3) is 0. The summed E-state index contributed by atoms with van der Waals surface area (Å²) >= 11 is 0. The van der Waals surface area contributed by atoms with Crippen molar-refractivity contribution in [1.82, 2.24) is 27.9 Å². The minimum Gasteiger partial charge on any atom is -0.278 e. The number of para-hydroxylation sites is 4. The topological polar surface area (TPSA) is 44.5 Å². The van der Waals surface area contributed by atoms with Crippen LogP contribution >= 0.6 is 0 Å². The molecule has 0 N–H and O–H groups in total. The largest absolute Gasteiger partial charge is 0.278 e. The van der Waals surface area contributed by atoms with Crippen LogP contribution in [0.3, 0.4) is 0 Å². The molecule has 0 spiro atoms. The molecule has 318 valence electrons. The van der Waals surface area contributed by atoms with E-state index in [0.29, 0.717) is 0 Å². The minimum absolute atomic E-state index is 0.882. The molecule has 0 atom stereocenters. The maximum atomic E-state index is 5.23. The Morgan fingerprint density at radius 1 is 0.221 bits per heavy atom. The Hall–Kier alpha value is -9.26. The smallest absolute Gasteiger partial charge is 0.220 e. The van der Waals surface area contributed by atoms with Crippen molar-refractivity contribution >= 4 is 55.7 Å². The van der Waals surface area contributed by atoms with Crippen LogP contribution in [-0.4, -0.2) is 27.9 Å². The fourth-order valence-electron chi connectivity index (χ4n) is 10.2. The number of aromatic nitrogens is 6. The number of fused-ring (bicyclic) bond motifs is 10. The summed E-state index contributed by atoms with van der Waals surface area (Å²) in [6, 6.07) is 86.9. The Balaban J connectivity index is 0.859. The highest BCUT2D eigenvalue weighted by Crippen LogP contribution is 2.37. The maximum absolute atomic E-state index is 5.23. The van der Waals surface area contributed by atoms with E-state index >= 15 is 0 Å². The molecule has 0 saturated heterocycles. The van der Waals surface area contributed by atoms with Crippen molar-refractivity contribution in [2.24, 2.45) is 0 Å². The molecule has 4 heterocycles. The van der Waals surface area contributed by atoms with Crippen LogP contribution in [0, 0.1) is 0 Å². The van der Waals surface area contributed by atoms with Crippen molar-refractivity contribution in [3.63, 3.8) is 0 Å². The van der Waals surface area contributed by atoms with E-state index < -0.39 is 0 Å². The van der Waals surface area contributed by atoms with Crippen molar-refractivity contribution in [2.75, 3.05) is 0 Å². The normalized spacial score (nSPS) is 11.8. The van der Waals surface area contributed by atoms with Crippen LogP contribution in [0.1, 0.15) is 0 Å². The lowest BCUT2D eigenvalue weighted by Gasteiger charge is -2.10. The van der Waals surface area contributed by atoms with Crippen molar-refractivity contribution in [2.45, 2.75) is 0 Å². The highest BCUT2D eigenvalue weighted by Gasteiger charge is 2.21. The van der Waals surface area contributed by atoms with Crippen LogP contribution in [-0.2, 0) is 0 Å². The minimum atomic E-state index is 0.882. The summed E-state index contributed by atoms with van der Waals surface area (Å²) in [5, 5.41) is 0. The van der Waals surface area contributed by atoms with Crippen LogP contribution in [0.15, 0.2) is 243 Å². The Labute approximate surface area is 391 Å². The van der Waals surface area contributed by atoms with E-state index in [-0.39, 0.29) is 0 Å². The second-order valence-electron chi connectivity index (χ2n) is 17.5. The highest BCUT2D eigenvalue weighted by molar-refractivity contribution is 5.97. The van der Waals surface area contributed by atoms with E-state index in [1.807, 2.05) is 0 Å². The van der Waals surface area contributed by atoms with Crippen molar-refractivity contribution < 1.29 is 0 Å². The third-order valence-electron chi connectivity index (χ3n) is 13.6. The number of rotatable bonds is 7. The van der Waals surface area contributed by atoms with E-state index in [1.165, 1.54) is 44.5 Å². The predicted molar refractivity (Wildman–Crippen MR) is 280 cm³/mol. The van der Waals surface area contributed by atoms with Gasteiger partial charge < -0.3 is 0 Å². The van der Waals surface area contributed by atoms with Crippen LogP contribution in [0.2, 0.25) is 0 Å². The van der Waals surface area contributed by atoms with Crippen LogP contribution < -0.4 is 0 Å². The average molecular weight is 869 g/mol. The molecule has 0 radical (unpaired) electrons. The molecule has 4 aromatic heterocycles. The predicted octanol–water partition coefficient (Wildman–Crippen LogP) is 15.5. The monoisotopic (exact) mass is 868 g/mol. The lowest BCUT2D eigenvalue weighted by molar-refractivity contribution is 1.11. The highest BCUT2D eigenvalue weighted by atomic mass is 15.2. The number of imidazole rings is 4. The summed E-state index contributed by atoms with van der Waals surface area (Å²) in [5.41, 5.74) is 22.4. The molecular formula is C62H40N6. The second kappa shape index (κ2) is 15.2. The Morgan fingerprint density at radius 2 is 0.515 bits per heavy atom. The van der Waals surface area contributed by atoms with Crippen molar-refractivity contribution in [3.8, 4) is 67.0 Å². The molecule has 10 aromatic carbocycles. The van der Waals surface area contributed by atoms with Crippen LogP contribution in [0.5, 0.6) is 0 Å². The van der Waals surface area contributed by atoms with Gasteiger partial charge in [0.05, 0.1) is 44.1 Å². The van der Waals surface area contributed by atoms with Gasteiger partial charge in [-0.25, -0.2) is 9.97 Å². The lowest BCUT2D eigenvalue weighted by atomic mass is 10.0. The van der Waals surface area contributed by atoms with Gasteiger partial charge in [-0.05, 0) is 128 Å². The number of hydrogen-bond donors (Lipinski definition) is 0. The van der Waals surface area contributed by atoms with Gasteiger partial charge in [-0.2, -0.15) is 0 Å². The molecule has 0 aliphatic carbocycles. The Morgan fingerprint density at radius 3 is 0.882 bits per heavy atom. The van der Waals surface area contributed by atoms with Gasteiger partial charge in [-0.1, -0.05) is 170 Å². The zero-order valence-electron chi connectivity index (χ0n) is 36.8. The quantitative estimate of drug-likeness (QED) is 0.160. The average Bonchev–Trinajstić information content (AvgIpc) is 4.16. The molecule has 0 saturated carbocycles. The Kier molecular flexibility index (Phi) is 8.48. The summed E-state index contributed by atoms with van der Waals surface area (Å²) in [7, 11) is 0. The summed E-state index contributed by atoms with van der Waals surface area (Å²) in [6.07, 6.45) is 0. The number of hydrogen-bond acceptors (Lipinski definition) is 2. The first-order chi connectivity index (χ1) is 33.7. The zero-order chi connectivity index (χ0) is 44.7. The molecule has 0 aliphatic rings. The van der Waals surface area contributed by atoms with Gasteiger partial charge in [-0.15, -0.1) is 0 Å².